The Kier molecular flexibility index (Phi) is 4.37. The molecule has 0 saturated heterocycles. The lowest BCUT2D eigenvalue weighted by atomic mass is 10.0. The van der Waals surface area contributed by atoms with Crippen molar-refractivity contribution in [3.63, 3.8) is 0 Å². The van der Waals surface area contributed by atoms with E-state index in [1.54, 1.807) is 36.4 Å². The number of ether oxygens (including phenoxy) is 2. The maximum atomic E-state index is 10.3. The Morgan fingerprint density at radius 2 is 1.09 bits per heavy atom. The molecule has 0 aliphatic carbocycles. The molecule has 0 unspecified atom stereocenters. The quantitative estimate of drug-likeness (QED) is 0.769. The van der Waals surface area contributed by atoms with Gasteiger partial charge in [0.15, 0.2) is 0 Å². The normalized spacial score (nSPS) is 15.3. The SMILES string of the molecule is Oc1cccc2c1-c1c(O)cccc1OCCCCCCO2. The van der Waals surface area contributed by atoms with Crippen molar-refractivity contribution in [1.82, 2.24) is 0 Å². The highest BCUT2D eigenvalue weighted by molar-refractivity contribution is 5.85. The van der Waals surface area contributed by atoms with E-state index in [0.29, 0.717) is 35.8 Å². The summed E-state index contributed by atoms with van der Waals surface area (Å²) in [5, 5.41) is 20.6. The third-order valence-corrected chi connectivity index (χ3v) is 3.81. The second-order valence-electron chi connectivity index (χ2n) is 5.41. The third-order valence-electron chi connectivity index (χ3n) is 3.81. The van der Waals surface area contributed by atoms with Gasteiger partial charge in [-0.25, -0.2) is 0 Å². The van der Waals surface area contributed by atoms with Gasteiger partial charge in [-0.05, 0) is 49.9 Å². The van der Waals surface area contributed by atoms with Gasteiger partial charge >= 0.3 is 0 Å². The molecule has 1 aliphatic heterocycles. The predicted molar refractivity (Wildman–Crippen MR) is 84.7 cm³/mol. The highest BCUT2D eigenvalue weighted by Gasteiger charge is 2.20. The van der Waals surface area contributed by atoms with Crippen LogP contribution in [0.4, 0.5) is 0 Å². The largest absolute Gasteiger partial charge is 0.507 e. The van der Waals surface area contributed by atoms with Gasteiger partial charge in [-0.15, -0.1) is 0 Å². The molecule has 0 fully saturated rings. The molecule has 1 aliphatic rings. The predicted octanol–water partition coefficient (Wildman–Crippen LogP) is 4.10. The molecule has 2 aromatic rings. The van der Waals surface area contributed by atoms with Gasteiger partial charge in [0.25, 0.3) is 0 Å². The maximum Gasteiger partial charge on any atom is 0.131 e. The fraction of sp³-hybridized carbons (Fsp3) is 0.333. The summed E-state index contributed by atoms with van der Waals surface area (Å²) in [4.78, 5) is 0. The number of benzene rings is 2. The minimum atomic E-state index is 0.0703. The lowest BCUT2D eigenvalue weighted by molar-refractivity contribution is 0.283. The zero-order valence-corrected chi connectivity index (χ0v) is 12.4. The maximum absolute atomic E-state index is 10.3. The molecule has 4 heteroatoms. The lowest BCUT2D eigenvalue weighted by Crippen LogP contribution is -2.04. The first-order chi connectivity index (χ1) is 10.8. The molecule has 0 spiro atoms. The van der Waals surface area contributed by atoms with Crippen molar-refractivity contribution < 1.29 is 19.7 Å². The van der Waals surface area contributed by atoms with Crippen LogP contribution in [0.2, 0.25) is 0 Å². The second kappa shape index (κ2) is 6.60. The van der Waals surface area contributed by atoms with Crippen molar-refractivity contribution in [2.24, 2.45) is 0 Å². The van der Waals surface area contributed by atoms with Crippen LogP contribution in [0.25, 0.3) is 11.1 Å². The van der Waals surface area contributed by atoms with Crippen molar-refractivity contribution in [3.05, 3.63) is 36.4 Å². The summed E-state index contributed by atoms with van der Waals surface area (Å²) in [6.45, 7) is 1.19. The lowest BCUT2D eigenvalue weighted by Gasteiger charge is -2.18. The summed E-state index contributed by atoms with van der Waals surface area (Å²) in [7, 11) is 0. The van der Waals surface area contributed by atoms with Crippen LogP contribution in [-0.4, -0.2) is 23.4 Å². The Balaban J connectivity index is 2.14. The summed E-state index contributed by atoms with van der Waals surface area (Å²) >= 11 is 0. The van der Waals surface area contributed by atoms with Crippen molar-refractivity contribution in [2.75, 3.05) is 13.2 Å². The van der Waals surface area contributed by atoms with Gasteiger partial charge in [0.2, 0.25) is 0 Å². The summed E-state index contributed by atoms with van der Waals surface area (Å²) in [6, 6.07) is 10.3. The Labute approximate surface area is 129 Å². The molecule has 2 N–H and O–H groups in total. The molecule has 22 heavy (non-hydrogen) atoms. The molecule has 2 aromatic carbocycles. The molecule has 1 heterocycles. The molecule has 0 atom stereocenters. The van der Waals surface area contributed by atoms with Crippen molar-refractivity contribution in [1.29, 1.82) is 0 Å². The number of phenolic OH excluding ortho intramolecular Hbond substituents is 2. The van der Waals surface area contributed by atoms with Crippen LogP contribution >= 0.6 is 0 Å². The van der Waals surface area contributed by atoms with E-state index < -0.39 is 0 Å². The minimum Gasteiger partial charge on any atom is -0.507 e. The van der Waals surface area contributed by atoms with Gasteiger partial charge in [0.05, 0.1) is 24.3 Å². The van der Waals surface area contributed by atoms with E-state index in [1.807, 2.05) is 0 Å². The number of hydrogen-bond donors (Lipinski definition) is 2. The van der Waals surface area contributed by atoms with E-state index in [9.17, 15) is 10.2 Å². The highest BCUT2D eigenvalue weighted by Crippen LogP contribution is 2.46. The van der Waals surface area contributed by atoms with Crippen molar-refractivity contribution in [2.45, 2.75) is 25.7 Å². The smallest absolute Gasteiger partial charge is 0.131 e. The molecule has 0 bridgehead atoms. The van der Waals surface area contributed by atoms with Crippen LogP contribution in [0.1, 0.15) is 25.7 Å². The van der Waals surface area contributed by atoms with E-state index in [0.717, 1.165) is 25.7 Å². The molecule has 0 radical (unpaired) electrons. The number of rotatable bonds is 0. The fourth-order valence-electron chi connectivity index (χ4n) is 2.70. The number of hydrogen-bond acceptors (Lipinski definition) is 4. The van der Waals surface area contributed by atoms with Gasteiger partial charge in [0.1, 0.15) is 23.0 Å². The van der Waals surface area contributed by atoms with Crippen molar-refractivity contribution in [3.8, 4) is 34.1 Å². The molecular weight excluding hydrogens is 280 g/mol. The van der Waals surface area contributed by atoms with Crippen LogP contribution in [0.15, 0.2) is 36.4 Å². The third kappa shape index (κ3) is 2.96. The number of phenols is 2. The first-order valence-corrected chi connectivity index (χ1v) is 7.67. The van der Waals surface area contributed by atoms with Gasteiger partial charge in [-0.3, -0.25) is 0 Å². The fourth-order valence-corrected chi connectivity index (χ4v) is 2.70. The Morgan fingerprint density at radius 3 is 1.55 bits per heavy atom. The summed E-state index contributed by atoms with van der Waals surface area (Å²) < 4.78 is 11.7. The van der Waals surface area contributed by atoms with Gasteiger partial charge < -0.3 is 19.7 Å². The van der Waals surface area contributed by atoms with E-state index in [-0.39, 0.29) is 11.5 Å². The standard InChI is InChI=1S/C18H20O4/c19-13-7-5-9-15-17(13)18-14(20)8-6-10-16(18)22-12-4-2-1-3-11-21-15/h5-10,19-20H,1-4,11-12H2. The molecule has 4 nitrogen and oxygen atoms in total. The topological polar surface area (TPSA) is 58.9 Å². The van der Waals surface area contributed by atoms with Crippen LogP contribution in [0, 0.1) is 0 Å². The Bertz CT molecular complexity index is 594. The molecule has 3 rings (SSSR count). The van der Waals surface area contributed by atoms with Gasteiger partial charge in [-0.1, -0.05) is 12.1 Å². The zero-order valence-electron chi connectivity index (χ0n) is 12.4. The highest BCUT2D eigenvalue weighted by atomic mass is 16.5. The van der Waals surface area contributed by atoms with E-state index in [1.165, 1.54) is 0 Å². The van der Waals surface area contributed by atoms with E-state index >= 15 is 0 Å². The number of fused-ring (bicyclic) bond motifs is 3. The second-order valence-corrected chi connectivity index (χ2v) is 5.41. The summed E-state index contributed by atoms with van der Waals surface area (Å²) in [5.41, 5.74) is 0.965. The molecule has 0 saturated carbocycles. The summed E-state index contributed by atoms with van der Waals surface area (Å²) in [5.74, 6) is 1.26. The monoisotopic (exact) mass is 300 g/mol. The van der Waals surface area contributed by atoms with Crippen LogP contribution in [-0.2, 0) is 0 Å². The van der Waals surface area contributed by atoms with Crippen LogP contribution in [0.3, 0.4) is 0 Å². The molecule has 116 valence electrons. The van der Waals surface area contributed by atoms with Crippen LogP contribution < -0.4 is 9.47 Å². The Hall–Kier alpha value is -2.36. The minimum absolute atomic E-state index is 0.0703. The Morgan fingerprint density at radius 1 is 0.636 bits per heavy atom. The summed E-state index contributed by atoms with van der Waals surface area (Å²) in [6.07, 6.45) is 4.10. The molecule has 0 amide bonds. The first kappa shape index (κ1) is 14.6. The zero-order chi connectivity index (χ0) is 15.4. The van der Waals surface area contributed by atoms with Gasteiger partial charge in [-0.2, -0.15) is 0 Å². The van der Waals surface area contributed by atoms with Crippen LogP contribution in [0.5, 0.6) is 23.0 Å². The van der Waals surface area contributed by atoms with Crippen molar-refractivity contribution >= 4 is 0 Å². The van der Waals surface area contributed by atoms with E-state index in [2.05, 4.69) is 0 Å². The number of aromatic hydroxyl groups is 2. The average Bonchev–Trinajstić information content (AvgIpc) is 2.50. The average molecular weight is 300 g/mol. The first-order valence-electron chi connectivity index (χ1n) is 7.67. The molecular formula is C18H20O4. The van der Waals surface area contributed by atoms with Gasteiger partial charge in [0, 0.05) is 0 Å². The molecule has 0 aromatic heterocycles. The van der Waals surface area contributed by atoms with E-state index in [4.69, 9.17) is 9.47 Å².